The normalized spacial score (nSPS) is 11.0. The zero-order valence-electron chi connectivity index (χ0n) is 14.3. The van der Waals surface area contributed by atoms with Gasteiger partial charge in [0.25, 0.3) is 11.5 Å². The van der Waals surface area contributed by atoms with Crippen molar-refractivity contribution in [1.82, 2.24) is 14.9 Å². The van der Waals surface area contributed by atoms with Gasteiger partial charge in [-0.05, 0) is 35.7 Å². The summed E-state index contributed by atoms with van der Waals surface area (Å²) in [4.78, 5) is 29.5. The lowest BCUT2D eigenvalue weighted by molar-refractivity contribution is 0.0952. The highest BCUT2D eigenvalue weighted by molar-refractivity contribution is 6.06. The minimum absolute atomic E-state index is 0.108. The zero-order chi connectivity index (χ0) is 18.1. The molecular formula is C21H17N3O2. The number of amides is 1. The van der Waals surface area contributed by atoms with E-state index in [1.807, 2.05) is 42.5 Å². The molecule has 0 aliphatic carbocycles. The SMILES string of the molecule is Cn1c(=O)c(CNC(=O)c2cccc3ncccc23)cc2ccccc21. The number of fused-ring (bicyclic) bond motifs is 2. The Kier molecular flexibility index (Phi) is 3.97. The Morgan fingerprint density at radius 1 is 1.08 bits per heavy atom. The maximum Gasteiger partial charge on any atom is 0.255 e. The van der Waals surface area contributed by atoms with Gasteiger partial charge in [0.1, 0.15) is 0 Å². The molecule has 26 heavy (non-hydrogen) atoms. The summed E-state index contributed by atoms with van der Waals surface area (Å²) in [7, 11) is 1.74. The molecule has 4 aromatic rings. The number of hydrogen-bond donors (Lipinski definition) is 1. The van der Waals surface area contributed by atoms with E-state index in [0.29, 0.717) is 11.1 Å². The van der Waals surface area contributed by atoms with E-state index >= 15 is 0 Å². The van der Waals surface area contributed by atoms with Crippen LogP contribution in [0.25, 0.3) is 21.8 Å². The minimum Gasteiger partial charge on any atom is -0.348 e. The number of aromatic nitrogens is 2. The first-order valence-corrected chi connectivity index (χ1v) is 8.35. The fraction of sp³-hybridized carbons (Fsp3) is 0.0952. The fourth-order valence-electron chi connectivity index (χ4n) is 3.19. The van der Waals surface area contributed by atoms with Crippen molar-refractivity contribution < 1.29 is 4.79 Å². The summed E-state index contributed by atoms with van der Waals surface area (Å²) in [5.41, 5.74) is 2.63. The molecule has 0 aliphatic heterocycles. The summed E-state index contributed by atoms with van der Waals surface area (Å²) in [5.74, 6) is -0.223. The van der Waals surface area contributed by atoms with Crippen LogP contribution in [-0.4, -0.2) is 15.5 Å². The number of carbonyl (C=O) groups excluding carboxylic acids is 1. The van der Waals surface area contributed by atoms with Crippen molar-refractivity contribution in [2.75, 3.05) is 0 Å². The molecule has 0 bridgehead atoms. The molecule has 0 saturated carbocycles. The topological polar surface area (TPSA) is 64.0 Å². The first-order valence-electron chi connectivity index (χ1n) is 8.35. The van der Waals surface area contributed by atoms with E-state index in [1.165, 1.54) is 0 Å². The van der Waals surface area contributed by atoms with Gasteiger partial charge in [0.2, 0.25) is 0 Å². The van der Waals surface area contributed by atoms with Crippen molar-refractivity contribution in [1.29, 1.82) is 0 Å². The highest BCUT2D eigenvalue weighted by atomic mass is 16.2. The van der Waals surface area contributed by atoms with Gasteiger partial charge in [0.15, 0.2) is 0 Å². The van der Waals surface area contributed by atoms with Crippen molar-refractivity contribution in [3.63, 3.8) is 0 Å². The van der Waals surface area contributed by atoms with Gasteiger partial charge in [0.05, 0.1) is 11.0 Å². The molecule has 2 aromatic heterocycles. The number of para-hydroxylation sites is 1. The largest absolute Gasteiger partial charge is 0.348 e. The van der Waals surface area contributed by atoms with Gasteiger partial charge < -0.3 is 9.88 Å². The van der Waals surface area contributed by atoms with E-state index in [4.69, 9.17) is 0 Å². The van der Waals surface area contributed by atoms with Crippen LogP contribution >= 0.6 is 0 Å². The highest BCUT2D eigenvalue weighted by Crippen LogP contribution is 2.17. The summed E-state index contributed by atoms with van der Waals surface area (Å²) in [5, 5.41) is 4.62. The molecule has 2 heterocycles. The average molecular weight is 343 g/mol. The first-order chi connectivity index (χ1) is 12.6. The lowest BCUT2D eigenvalue weighted by atomic mass is 10.1. The van der Waals surface area contributed by atoms with Crippen LogP contribution in [0.15, 0.2) is 71.7 Å². The van der Waals surface area contributed by atoms with Gasteiger partial charge in [-0.1, -0.05) is 30.3 Å². The molecule has 0 radical (unpaired) electrons. The molecule has 0 saturated heterocycles. The molecule has 128 valence electrons. The van der Waals surface area contributed by atoms with Crippen LogP contribution in [-0.2, 0) is 13.6 Å². The second-order valence-corrected chi connectivity index (χ2v) is 6.15. The molecule has 0 spiro atoms. The summed E-state index contributed by atoms with van der Waals surface area (Å²) >= 11 is 0. The zero-order valence-corrected chi connectivity index (χ0v) is 14.3. The van der Waals surface area contributed by atoms with Gasteiger partial charge in [-0.2, -0.15) is 0 Å². The molecule has 1 amide bonds. The Morgan fingerprint density at radius 2 is 1.92 bits per heavy atom. The van der Waals surface area contributed by atoms with Crippen molar-refractivity contribution in [3.05, 3.63) is 88.3 Å². The third-order valence-electron chi connectivity index (χ3n) is 4.54. The van der Waals surface area contributed by atoms with Gasteiger partial charge in [0, 0.05) is 36.3 Å². The van der Waals surface area contributed by atoms with Crippen molar-refractivity contribution >= 4 is 27.7 Å². The molecule has 0 unspecified atom stereocenters. The third kappa shape index (κ3) is 2.73. The van der Waals surface area contributed by atoms with Crippen LogP contribution in [0.2, 0.25) is 0 Å². The standard InChI is InChI=1S/C21H17N3O2/c1-24-19-10-3-2-6-14(19)12-15(21(24)26)13-23-20(25)17-7-4-9-18-16(17)8-5-11-22-18/h2-12H,13H2,1H3,(H,23,25). The number of carbonyl (C=O) groups is 1. The number of nitrogens with one attached hydrogen (secondary N) is 1. The third-order valence-corrected chi connectivity index (χ3v) is 4.54. The second kappa shape index (κ2) is 6.44. The smallest absolute Gasteiger partial charge is 0.255 e. The Labute approximate surface area is 149 Å². The summed E-state index contributed by atoms with van der Waals surface area (Å²) in [6.45, 7) is 0.174. The second-order valence-electron chi connectivity index (χ2n) is 6.15. The van der Waals surface area contributed by atoms with E-state index in [9.17, 15) is 9.59 Å². The molecule has 0 aliphatic rings. The molecular weight excluding hydrogens is 326 g/mol. The Balaban J connectivity index is 1.65. The number of hydrogen-bond acceptors (Lipinski definition) is 3. The van der Waals surface area contributed by atoms with Crippen LogP contribution in [0, 0.1) is 0 Å². The highest BCUT2D eigenvalue weighted by Gasteiger charge is 2.12. The van der Waals surface area contributed by atoms with E-state index in [-0.39, 0.29) is 18.0 Å². The lowest BCUT2D eigenvalue weighted by Crippen LogP contribution is -2.29. The lowest BCUT2D eigenvalue weighted by Gasteiger charge is -2.10. The number of nitrogens with zero attached hydrogens (tertiary/aromatic N) is 2. The van der Waals surface area contributed by atoms with E-state index in [0.717, 1.165) is 21.8 Å². The summed E-state index contributed by atoms with van der Waals surface area (Å²) in [6, 6.07) is 18.6. The van der Waals surface area contributed by atoms with Crippen LogP contribution in [0.1, 0.15) is 15.9 Å². The maximum absolute atomic E-state index is 12.6. The molecule has 0 fully saturated rings. The van der Waals surface area contributed by atoms with Crippen molar-refractivity contribution in [2.24, 2.45) is 7.05 Å². The van der Waals surface area contributed by atoms with Crippen LogP contribution in [0.5, 0.6) is 0 Å². The Bertz CT molecular complexity index is 1190. The quantitative estimate of drug-likeness (QED) is 0.622. The maximum atomic E-state index is 12.6. The van der Waals surface area contributed by atoms with E-state index < -0.39 is 0 Å². The number of pyridine rings is 2. The molecule has 0 atom stereocenters. The molecule has 5 nitrogen and oxygen atoms in total. The Morgan fingerprint density at radius 3 is 2.81 bits per heavy atom. The number of aryl methyl sites for hydroxylation is 1. The van der Waals surface area contributed by atoms with E-state index in [1.54, 1.807) is 36.0 Å². The summed E-state index contributed by atoms with van der Waals surface area (Å²) < 4.78 is 1.61. The van der Waals surface area contributed by atoms with Crippen LogP contribution < -0.4 is 10.9 Å². The number of benzene rings is 2. The molecule has 5 heteroatoms. The molecule has 1 N–H and O–H groups in total. The number of rotatable bonds is 3. The van der Waals surface area contributed by atoms with Crippen LogP contribution in [0.4, 0.5) is 0 Å². The minimum atomic E-state index is -0.223. The van der Waals surface area contributed by atoms with Crippen molar-refractivity contribution in [2.45, 2.75) is 6.54 Å². The monoisotopic (exact) mass is 343 g/mol. The fourth-order valence-corrected chi connectivity index (χ4v) is 3.19. The summed E-state index contributed by atoms with van der Waals surface area (Å²) in [6.07, 6.45) is 1.70. The predicted molar refractivity (Wildman–Crippen MR) is 102 cm³/mol. The first kappa shape index (κ1) is 16.0. The Hall–Kier alpha value is -3.47. The molecule has 4 rings (SSSR count). The van der Waals surface area contributed by atoms with Gasteiger partial charge >= 0.3 is 0 Å². The molecule has 2 aromatic carbocycles. The van der Waals surface area contributed by atoms with Gasteiger partial charge in [-0.15, -0.1) is 0 Å². The van der Waals surface area contributed by atoms with Gasteiger partial charge in [-0.25, -0.2) is 0 Å². The average Bonchev–Trinajstić information content (AvgIpc) is 2.69. The van der Waals surface area contributed by atoms with Crippen LogP contribution in [0.3, 0.4) is 0 Å². The van der Waals surface area contributed by atoms with Crippen molar-refractivity contribution in [3.8, 4) is 0 Å². The predicted octanol–water partition coefficient (Wildman–Crippen LogP) is 3.02. The van der Waals surface area contributed by atoms with E-state index in [2.05, 4.69) is 10.3 Å². The van der Waals surface area contributed by atoms with Gasteiger partial charge in [-0.3, -0.25) is 14.6 Å².